The first-order valence-corrected chi connectivity index (χ1v) is 5.29. The molecule has 1 rings (SSSR count). The second-order valence-electron chi connectivity index (χ2n) is 3.84. The molecule has 0 spiro atoms. The van der Waals surface area contributed by atoms with Crippen LogP contribution in [0.4, 0.5) is 0 Å². The molecule has 0 radical (unpaired) electrons. The van der Waals surface area contributed by atoms with Gasteiger partial charge in [-0.2, -0.15) is 0 Å². The molecule has 1 amide bonds. The van der Waals surface area contributed by atoms with Crippen molar-refractivity contribution < 1.29 is 4.79 Å². The Hall–Kier alpha value is -0.760. The molecule has 0 aromatic rings. The normalized spacial score (nSPS) is 16.3. The second-order valence-corrected chi connectivity index (χ2v) is 4.32. The van der Waals surface area contributed by atoms with E-state index in [-0.39, 0.29) is 11.9 Å². The third kappa shape index (κ3) is 3.97. The van der Waals surface area contributed by atoms with Gasteiger partial charge in [-0.3, -0.25) is 4.79 Å². The average Bonchev–Trinajstić information content (AvgIpc) is 2.07. The number of nitrogens with one attached hydrogen (secondary N) is 1. The number of halogens is 1. The summed E-state index contributed by atoms with van der Waals surface area (Å²) in [5.41, 5.74) is 1.16. The van der Waals surface area contributed by atoms with Crippen LogP contribution in [-0.4, -0.2) is 11.9 Å². The van der Waals surface area contributed by atoms with Crippen LogP contribution < -0.4 is 5.32 Å². The summed E-state index contributed by atoms with van der Waals surface area (Å²) in [7, 11) is 0. The predicted molar refractivity (Wildman–Crippen MR) is 59.1 cm³/mol. The molecule has 0 saturated heterocycles. The topological polar surface area (TPSA) is 29.1 Å². The maximum atomic E-state index is 11.4. The average molecular weight is 214 g/mol. The summed E-state index contributed by atoms with van der Waals surface area (Å²) in [6.07, 6.45) is 6.09. The highest BCUT2D eigenvalue weighted by molar-refractivity contribution is 6.29. The van der Waals surface area contributed by atoms with E-state index in [1.54, 1.807) is 0 Å². The molecule has 1 N–H and O–H groups in total. The van der Waals surface area contributed by atoms with Crippen molar-refractivity contribution in [2.24, 2.45) is 0 Å². The van der Waals surface area contributed by atoms with Crippen molar-refractivity contribution in [3.63, 3.8) is 0 Å². The number of hydrogen-bond acceptors (Lipinski definition) is 1. The Morgan fingerprint density at radius 3 is 2.71 bits per heavy atom. The van der Waals surface area contributed by atoms with E-state index in [9.17, 15) is 4.79 Å². The van der Waals surface area contributed by atoms with Gasteiger partial charge in [-0.1, -0.05) is 23.3 Å². The number of hydrogen-bond donors (Lipinski definition) is 1. The van der Waals surface area contributed by atoms with Gasteiger partial charge in [0, 0.05) is 17.5 Å². The number of carbonyl (C=O) groups excluding carboxylic acids is 1. The number of allylic oxidation sites excluding steroid dienone is 3. The van der Waals surface area contributed by atoms with Crippen molar-refractivity contribution in [1.82, 2.24) is 5.32 Å². The summed E-state index contributed by atoms with van der Waals surface area (Å²) in [6, 6.07) is 0.214. The molecule has 1 aliphatic rings. The molecule has 0 saturated carbocycles. The minimum absolute atomic E-state index is 0.0951. The van der Waals surface area contributed by atoms with Gasteiger partial charge in [0.05, 0.1) is 0 Å². The van der Waals surface area contributed by atoms with Gasteiger partial charge in [0.15, 0.2) is 0 Å². The molecule has 0 heterocycles. The van der Waals surface area contributed by atoms with Crippen molar-refractivity contribution in [3.8, 4) is 0 Å². The van der Waals surface area contributed by atoms with E-state index in [2.05, 4.69) is 5.32 Å². The largest absolute Gasteiger partial charge is 0.354 e. The SMILES string of the molecule is CC(C)NC(=O)CC1=CC=C(Cl)CC1. The van der Waals surface area contributed by atoms with E-state index < -0.39 is 0 Å². The molecule has 0 aromatic heterocycles. The Labute approximate surface area is 90.0 Å². The molecule has 0 bridgehead atoms. The molecule has 78 valence electrons. The van der Waals surface area contributed by atoms with Crippen molar-refractivity contribution in [2.45, 2.75) is 39.2 Å². The zero-order valence-electron chi connectivity index (χ0n) is 8.64. The Kier molecular flexibility index (Phi) is 4.21. The lowest BCUT2D eigenvalue weighted by atomic mass is 10.0. The van der Waals surface area contributed by atoms with Gasteiger partial charge in [-0.05, 0) is 32.8 Å². The standard InChI is InChI=1S/C11H16ClNO/c1-8(2)13-11(14)7-9-3-5-10(12)6-4-9/h3,5,8H,4,6-7H2,1-2H3,(H,13,14). The lowest BCUT2D eigenvalue weighted by Gasteiger charge is -2.12. The lowest BCUT2D eigenvalue weighted by molar-refractivity contribution is -0.120. The summed E-state index contributed by atoms with van der Waals surface area (Å²) in [5.74, 6) is 0.0951. The number of carbonyl (C=O) groups is 1. The molecule has 1 aliphatic carbocycles. The molecule has 0 aromatic carbocycles. The molecular weight excluding hydrogens is 198 g/mol. The van der Waals surface area contributed by atoms with Crippen molar-refractivity contribution in [3.05, 3.63) is 22.8 Å². The first-order valence-electron chi connectivity index (χ1n) is 4.91. The maximum Gasteiger partial charge on any atom is 0.224 e. The highest BCUT2D eigenvalue weighted by atomic mass is 35.5. The van der Waals surface area contributed by atoms with Gasteiger partial charge in [0.1, 0.15) is 0 Å². The van der Waals surface area contributed by atoms with Crippen molar-refractivity contribution >= 4 is 17.5 Å². The van der Waals surface area contributed by atoms with Gasteiger partial charge in [0.2, 0.25) is 5.91 Å². The smallest absolute Gasteiger partial charge is 0.224 e. The Morgan fingerprint density at radius 1 is 1.50 bits per heavy atom. The molecule has 3 heteroatoms. The van der Waals surface area contributed by atoms with Gasteiger partial charge < -0.3 is 5.32 Å². The van der Waals surface area contributed by atoms with Crippen LogP contribution in [-0.2, 0) is 4.79 Å². The first kappa shape index (κ1) is 11.3. The third-order valence-corrected chi connectivity index (χ3v) is 2.34. The van der Waals surface area contributed by atoms with E-state index >= 15 is 0 Å². The quantitative estimate of drug-likeness (QED) is 0.768. The van der Waals surface area contributed by atoms with E-state index in [1.807, 2.05) is 26.0 Å². The van der Waals surface area contributed by atoms with Crippen LogP contribution in [0, 0.1) is 0 Å². The second kappa shape index (κ2) is 5.20. The fourth-order valence-electron chi connectivity index (χ4n) is 1.38. The van der Waals surface area contributed by atoms with Crippen LogP contribution in [0.1, 0.15) is 33.1 Å². The van der Waals surface area contributed by atoms with Gasteiger partial charge in [-0.15, -0.1) is 0 Å². The molecular formula is C11H16ClNO. The van der Waals surface area contributed by atoms with Crippen molar-refractivity contribution in [2.75, 3.05) is 0 Å². The van der Waals surface area contributed by atoms with Crippen molar-refractivity contribution in [1.29, 1.82) is 0 Å². The minimum Gasteiger partial charge on any atom is -0.354 e. The van der Waals surface area contributed by atoms with Crippen LogP contribution in [0.25, 0.3) is 0 Å². The molecule has 2 nitrogen and oxygen atoms in total. The fraction of sp³-hybridized carbons (Fsp3) is 0.545. The summed E-state index contributed by atoms with van der Waals surface area (Å²) in [5, 5.41) is 3.74. The minimum atomic E-state index is 0.0951. The summed E-state index contributed by atoms with van der Waals surface area (Å²) in [6.45, 7) is 3.92. The fourth-order valence-corrected chi connectivity index (χ4v) is 1.54. The number of rotatable bonds is 3. The summed E-state index contributed by atoms with van der Waals surface area (Å²) >= 11 is 5.82. The monoisotopic (exact) mass is 213 g/mol. The third-order valence-electron chi connectivity index (χ3n) is 2.02. The van der Waals surface area contributed by atoms with Crippen LogP contribution >= 0.6 is 11.6 Å². The van der Waals surface area contributed by atoms with E-state index in [1.165, 1.54) is 0 Å². The molecule has 14 heavy (non-hydrogen) atoms. The molecule has 0 aliphatic heterocycles. The Morgan fingerprint density at radius 2 is 2.21 bits per heavy atom. The zero-order chi connectivity index (χ0) is 10.6. The molecule has 0 fully saturated rings. The lowest BCUT2D eigenvalue weighted by Crippen LogP contribution is -2.30. The summed E-state index contributed by atoms with van der Waals surface area (Å²) < 4.78 is 0. The Bertz CT molecular complexity index is 279. The van der Waals surface area contributed by atoms with Gasteiger partial charge in [-0.25, -0.2) is 0 Å². The van der Waals surface area contributed by atoms with E-state index in [0.29, 0.717) is 6.42 Å². The first-order chi connectivity index (χ1) is 6.58. The molecule has 0 unspecified atom stereocenters. The maximum absolute atomic E-state index is 11.4. The van der Waals surface area contributed by atoms with E-state index in [4.69, 9.17) is 11.6 Å². The van der Waals surface area contributed by atoms with E-state index in [0.717, 1.165) is 23.4 Å². The van der Waals surface area contributed by atoms with Crippen LogP contribution in [0.15, 0.2) is 22.8 Å². The Balaban J connectivity index is 2.41. The highest BCUT2D eigenvalue weighted by Gasteiger charge is 2.09. The molecule has 0 atom stereocenters. The zero-order valence-corrected chi connectivity index (χ0v) is 9.40. The van der Waals surface area contributed by atoms with Crippen LogP contribution in [0.5, 0.6) is 0 Å². The van der Waals surface area contributed by atoms with Crippen LogP contribution in [0.2, 0.25) is 0 Å². The number of amides is 1. The van der Waals surface area contributed by atoms with Crippen LogP contribution in [0.3, 0.4) is 0 Å². The summed E-state index contributed by atoms with van der Waals surface area (Å²) in [4.78, 5) is 11.4. The van der Waals surface area contributed by atoms with Gasteiger partial charge in [0.25, 0.3) is 0 Å². The predicted octanol–water partition coefficient (Wildman–Crippen LogP) is 2.74. The highest BCUT2D eigenvalue weighted by Crippen LogP contribution is 2.22. The van der Waals surface area contributed by atoms with Gasteiger partial charge >= 0.3 is 0 Å².